The Hall–Kier alpha value is -0.960. The van der Waals surface area contributed by atoms with E-state index in [9.17, 15) is 8.42 Å². The van der Waals surface area contributed by atoms with Crippen molar-refractivity contribution in [1.82, 2.24) is 15.2 Å². The Balaban J connectivity index is 2.20. The first-order valence-corrected chi connectivity index (χ1v) is 8.99. The fraction of sp³-hybridized carbons (Fsp3) is 0.364. The van der Waals surface area contributed by atoms with Gasteiger partial charge in [-0.3, -0.25) is 4.72 Å². The molecule has 0 unspecified atom stereocenters. The van der Waals surface area contributed by atoms with Crippen molar-refractivity contribution in [1.29, 1.82) is 0 Å². The Bertz CT molecular complexity index is 746. The van der Waals surface area contributed by atoms with E-state index in [0.29, 0.717) is 5.92 Å². The van der Waals surface area contributed by atoms with Crippen molar-refractivity contribution in [3.8, 4) is 0 Å². The molecule has 21 heavy (non-hydrogen) atoms. The summed E-state index contributed by atoms with van der Waals surface area (Å²) in [4.78, 5) is 3.63. The second-order valence-electron chi connectivity index (χ2n) is 4.65. The van der Waals surface area contributed by atoms with Gasteiger partial charge in [-0.25, -0.2) is 13.4 Å². The minimum Gasteiger partial charge on any atom is -0.253 e. The van der Waals surface area contributed by atoms with Crippen molar-refractivity contribution in [2.75, 3.05) is 4.72 Å². The zero-order valence-corrected chi connectivity index (χ0v) is 14.3. The molecule has 0 atom stereocenters. The van der Waals surface area contributed by atoms with Crippen molar-refractivity contribution in [2.45, 2.75) is 25.2 Å². The van der Waals surface area contributed by atoms with E-state index in [4.69, 9.17) is 23.2 Å². The van der Waals surface area contributed by atoms with Crippen LogP contribution in [-0.2, 0) is 16.4 Å². The molecule has 0 amide bonds. The first-order chi connectivity index (χ1) is 9.78. The molecule has 0 bridgehead atoms. The summed E-state index contributed by atoms with van der Waals surface area (Å²) in [6.07, 6.45) is 1.88. The summed E-state index contributed by atoms with van der Waals surface area (Å²) in [6, 6.07) is 1.23. The van der Waals surface area contributed by atoms with Crippen LogP contribution in [0.1, 0.15) is 18.9 Å². The fourth-order valence-corrected chi connectivity index (χ4v) is 3.94. The summed E-state index contributed by atoms with van der Waals surface area (Å²) in [5, 5.41) is 8.86. The van der Waals surface area contributed by atoms with E-state index in [2.05, 4.69) is 19.9 Å². The van der Waals surface area contributed by atoms with E-state index in [-0.39, 0.29) is 20.2 Å². The van der Waals surface area contributed by atoms with Gasteiger partial charge >= 0.3 is 0 Å². The second kappa shape index (κ2) is 6.43. The number of sulfonamides is 1. The molecule has 0 spiro atoms. The lowest BCUT2D eigenvalue weighted by Crippen LogP contribution is -2.13. The fourth-order valence-electron chi connectivity index (χ4n) is 1.45. The molecule has 10 heteroatoms. The van der Waals surface area contributed by atoms with Gasteiger partial charge in [0.1, 0.15) is 15.1 Å². The molecule has 2 aromatic rings. The second-order valence-corrected chi connectivity index (χ2v) is 8.16. The molecule has 0 aliphatic carbocycles. The van der Waals surface area contributed by atoms with Crippen LogP contribution >= 0.6 is 34.5 Å². The number of halogens is 2. The van der Waals surface area contributed by atoms with Gasteiger partial charge in [-0.15, -0.1) is 10.2 Å². The van der Waals surface area contributed by atoms with Crippen molar-refractivity contribution in [3.05, 3.63) is 27.4 Å². The van der Waals surface area contributed by atoms with Crippen LogP contribution in [0.25, 0.3) is 0 Å². The molecule has 2 heterocycles. The highest BCUT2D eigenvalue weighted by molar-refractivity contribution is 7.93. The summed E-state index contributed by atoms with van der Waals surface area (Å²) in [6.45, 7) is 4.10. The van der Waals surface area contributed by atoms with Gasteiger partial charge in [0.15, 0.2) is 0 Å². The number of anilines is 1. The number of rotatable bonds is 5. The molecule has 114 valence electrons. The quantitative estimate of drug-likeness (QED) is 0.820. The molecule has 6 nitrogen and oxygen atoms in total. The van der Waals surface area contributed by atoms with E-state index in [1.54, 1.807) is 0 Å². The van der Waals surface area contributed by atoms with E-state index >= 15 is 0 Å². The highest BCUT2D eigenvalue weighted by Gasteiger charge is 2.19. The predicted molar refractivity (Wildman–Crippen MR) is 83.5 cm³/mol. The van der Waals surface area contributed by atoms with Gasteiger partial charge in [0, 0.05) is 12.6 Å². The topological polar surface area (TPSA) is 84.8 Å². The molecule has 0 radical (unpaired) electrons. The van der Waals surface area contributed by atoms with Crippen LogP contribution in [0.3, 0.4) is 0 Å². The number of nitrogens with zero attached hydrogens (tertiary/aromatic N) is 3. The van der Waals surface area contributed by atoms with Gasteiger partial charge in [-0.2, -0.15) is 0 Å². The molecule has 0 saturated carbocycles. The van der Waals surface area contributed by atoms with Crippen LogP contribution in [0.4, 0.5) is 5.13 Å². The summed E-state index contributed by atoms with van der Waals surface area (Å²) in [5.41, 5.74) is 0. The molecular formula is C11H12Cl2N4O2S2. The number of nitrogens with one attached hydrogen (secondary N) is 1. The molecule has 0 aliphatic rings. The van der Waals surface area contributed by atoms with E-state index in [1.807, 2.05) is 13.8 Å². The standard InChI is InChI=1S/C11H12Cl2N4O2S2/c1-6(2)3-9-15-16-11(20-9)17-21(18,19)7-4-8(12)10(13)14-5-7/h4-6H,3H2,1-2H3,(H,16,17). The Morgan fingerprint density at radius 1 is 1.33 bits per heavy atom. The highest BCUT2D eigenvalue weighted by atomic mass is 35.5. The van der Waals surface area contributed by atoms with Crippen LogP contribution in [-0.4, -0.2) is 23.6 Å². The molecule has 0 saturated heterocycles. The molecule has 2 aromatic heterocycles. The van der Waals surface area contributed by atoms with E-state index in [0.717, 1.165) is 17.6 Å². The number of hydrogen-bond donors (Lipinski definition) is 1. The summed E-state index contributed by atoms with van der Waals surface area (Å²) in [5.74, 6) is 0.418. The zero-order valence-electron chi connectivity index (χ0n) is 11.2. The van der Waals surface area contributed by atoms with Crippen molar-refractivity contribution in [2.24, 2.45) is 5.92 Å². The minimum atomic E-state index is -3.82. The molecule has 1 N–H and O–H groups in total. The highest BCUT2D eigenvalue weighted by Crippen LogP contribution is 2.25. The number of hydrogen-bond acceptors (Lipinski definition) is 6. The lowest BCUT2D eigenvalue weighted by atomic mass is 10.1. The average Bonchev–Trinajstić information content (AvgIpc) is 2.78. The normalized spacial score (nSPS) is 11.9. The first-order valence-electron chi connectivity index (χ1n) is 5.94. The average molecular weight is 367 g/mol. The van der Waals surface area contributed by atoms with Gasteiger partial charge in [0.25, 0.3) is 10.0 Å². The lowest BCUT2D eigenvalue weighted by Gasteiger charge is -2.05. The predicted octanol–water partition coefficient (Wildman–Crippen LogP) is 3.24. The van der Waals surface area contributed by atoms with Gasteiger partial charge < -0.3 is 0 Å². The maximum absolute atomic E-state index is 12.2. The van der Waals surface area contributed by atoms with Gasteiger partial charge in [-0.05, 0) is 12.0 Å². The third kappa shape index (κ3) is 4.26. The van der Waals surface area contributed by atoms with Crippen molar-refractivity contribution >= 4 is 49.7 Å². The number of aromatic nitrogens is 3. The molecule has 0 aliphatic heterocycles. The van der Waals surface area contributed by atoms with Crippen LogP contribution in [0, 0.1) is 5.92 Å². The van der Waals surface area contributed by atoms with Gasteiger partial charge in [0.05, 0.1) is 5.02 Å². The maximum Gasteiger partial charge on any atom is 0.265 e. The van der Waals surface area contributed by atoms with Crippen LogP contribution < -0.4 is 4.72 Å². The Morgan fingerprint density at radius 3 is 2.67 bits per heavy atom. The van der Waals surface area contributed by atoms with Crippen LogP contribution in [0.2, 0.25) is 10.2 Å². The Kier molecular flexibility index (Phi) is 5.03. The Morgan fingerprint density at radius 2 is 2.05 bits per heavy atom. The molecule has 0 fully saturated rings. The molecule has 2 rings (SSSR count). The summed E-state index contributed by atoms with van der Waals surface area (Å²) >= 11 is 12.6. The van der Waals surface area contributed by atoms with E-state index in [1.165, 1.54) is 17.4 Å². The first kappa shape index (κ1) is 16.4. The third-order valence-corrected chi connectivity index (χ3v) is 5.34. The minimum absolute atomic E-state index is 0.0470. The Labute approximate surface area is 136 Å². The molecular weight excluding hydrogens is 355 g/mol. The lowest BCUT2D eigenvalue weighted by molar-refractivity contribution is 0.600. The third-order valence-electron chi connectivity index (χ3n) is 2.35. The molecule has 0 aromatic carbocycles. The zero-order chi connectivity index (χ0) is 15.6. The maximum atomic E-state index is 12.2. The van der Waals surface area contributed by atoms with Gasteiger partial charge in [-0.1, -0.05) is 48.4 Å². The summed E-state index contributed by atoms with van der Waals surface area (Å²) in [7, 11) is -3.82. The van der Waals surface area contributed by atoms with E-state index < -0.39 is 10.0 Å². The van der Waals surface area contributed by atoms with Crippen molar-refractivity contribution in [3.63, 3.8) is 0 Å². The van der Waals surface area contributed by atoms with Crippen molar-refractivity contribution < 1.29 is 8.42 Å². The monoisotopic (exact) mass is 366 g/mol. The van der Waals surface area contributed by atoms with Gasteiger partial charge in [0.2, 0.25) is 5.13 Å². The SMILES string of the molecule is CC(C)Cc1nnc(NS(=O)(=O)c2cnc(Cl)c(Cl)c2)s1. The smallest absolute Gasteiger partial charge is 0.253 e. The number of pyridine rings is 1. The largest absolute Gasteiger partial charge is 0.265 e. The summed E-state index contributed by atoms with van der Waals surface area (Å²) < 4.78 is 26.7. The van der Waals surface area contributed by atoms with Crippen LogP contribution in [0.15, 0.2) is 17.2 Å². The van der Waals surface area contributed by atoms with Crippen LogP contribution in [0.5, 0.6) is 0 Å².